The predicted octanol–water partition coefficient (Wildman–Crippen LogP) is 1.89. The van der Waals surface area contributed by atoms with Crippen LogP contribution in [0.25, 0.3) is 0 Å². The van der Waals surface area contributed by atoms with Crippen LogP contribution in [0.1, 0.15) is 46.0 Å². The lowest BCUT2D eigenvalue weighted by molar-refractivity contribution is 0.332. The van der Waals surface area contributed by atoms with Crippen molar-refractivity contribution in [3.63, 3.8) is 0 Å². The third-order valence-electron chi connectivity index (χ3n) is 2.83. The molecule has 0 spiro atoms. The van der Waals surface area contributed by atoms with Crippen molar-refractivity contribution in [1.29, 1.82) is 0 Å². The van der Waals surface area contributed by atoms with Crippen molar-refractivity contribution in [2.24, 2.45) is 5.92 Å². The maximum atomic E-state index is 11.5. The molecule has 0 bridgehead atoms. The molecule has 0 amide bonds. The maximum Gasteiger partial charge on any atom is 0.211 e. The highest BCUT2D eigenvalue weighted by Gasteiger charge is 2.21. The van der Waals surface area contributed by atoms with Crippen LogP contribution in [-0.2, 0) is 10.0 Å². The number of hydrogen-bond acceptors (Lipinski definition) is 2. The summed E-state index contributed by atoms with van der Waals surface area (Å²) in [6.45, 7) is 4.12. The Balaban J connectivity index is 2.37. The van der Waals surface area contributed by atoms with Crippen molar-refractivity contribution in [2.75, 3.05) is 5.75 Å². The van der Waals surface area contributed by atoms with Gasteiger partial charge in [0, 0.05) is 6.04 Å². The Morgan fingerprint density at radius 3 is 2.29 bits per heavy atom. The summed E-state index contributed by atoms with van der Waals surface area (Å²) in [7, 11) is -3.00. The third-order valence-corrected chi connectivity index (χ3v) is 4.47. The van der Waals surface area contributed by atoms with Crippen molar-refractivity contribution in [3.05, 3.63) is 0 Å². The minimum atomic E-state index is -3.00. The zero-order chi connectivity index (χ0) is 10.6. The highest BCUT2D eigenvalue weighted by Crippen LogP contribution is 2.23. The van der Waals surface area contributed by atoms with Crippen LogP contribution >= 0.6 is 0 Å². The molecule has 0 aromatic heterocycles. The van der Waals surface area contributed by atoms with Gasteiger partial charge in [-0.25, -0.2) is 13.1 Å². The molecule has 0 aromatic rings. The molecule has 14 heavy (non-hydrogen) atoms. The van der Waals surface area contributed by atoms with Crippen molar-refractivity contribution < 1.29 is 8.42 Å². The molecule has 0 radical (unpaired) electrons. The standard InChI is InChI=1S/C10H21NO2S/c1-3-8-14(12,13)11-10-6-4-9(2)5-7-10/h9-11H,3-8H2,1-2H3/t9-,10+. The zero-order valence-electron chi connectivity index (χ0n) is 9.12. The Morgan fingerprint density at radius 1 is 1.21 bits per heavy atom. The molecule has 0 heterocycles. The first-order valence-corrected chi connectivity index (χ1v) is 7.18. The van der Waals surface area contributed by atoms with E-state index in [9.17, 15) is 8.42 Å². The predicted molar refractivity (Wildman–Crippen MR) is 58.6 cm³/mol. The normalized spacial score (nSPS) is 29.0. The van der Waals surface area contributed by atoms with Gasteiger partial charge in [-0.1, -0.05) is 13.8 Å². The molecular formula is C10H21NO2S. The SMILES string of the molecule is CCCS(=O)(=O)N[C@H]1CC[C@@H](C)CC1. The smallest absolute Gasteiger partial charge is 0.211 e. The summed E-state index contributed by atoms with van der Waals surface area (Å²) in [6.07, 6.45) is 5.01. The summed E-state index contributed by atoms with van der Waals surface area (Å²) < 4.78 is 25.7. The van der Waals surface area contributed by atoms with Crippen molar-refractivity contribution >= 4 is 10.0 Å². The molecule has 0 aromatic carbocycles. The quantitative estimate of drug-likeness (QED) is 0.785. The minimum absolute atomic E-state index is 0.197. The van der Waals surface area contributed by atoms with Crippen LogP contribution in [0, 0.1) is 5.92 Å². The van der Waals surface area contributed by atoms with E-state index in [0.29, 0.717) is 6.42 Å². The second kappa shape index (κ2) is 5.12. The summed E-state index contributed by atoms with van der Waals surface area (Å²) in [5.74, 6) is 1.03. The first-order chi connectivity index (χ1) is 6.53. The molecule has 1 N–H and O–H groups in total. The fraction of sp³-hybridized carbons (Fsp3) is 1.00. The molecule has 0 atom stereocenters. The van der Waals surface area contributed by atoms with Gasteiger partial charge in [0.15, 0.2) is 0 Å². The summed E-state index contributed by atoms with van der Waals surface area (Å²) in [5.41, 5.74) is 0. The van der Waals surface area contributed by atoms with E-state index in [1.54, 1.807) is 0 Å². The number of rotatable bonds is 4. The summed E-state index contributed by atoms with van der Waals surface area (Å²) in [5, 5.41) is 0. The molecule has 3 nitrogen and oxygen atoms in total. The molecule has 4 heteroatoms. The van der Waals surface area contributed by atoms with E-state index in [4.69, 9.17) is 0 Å². The van der Waals surface area contributed by atoms with Gasteiger partial charge in [-0.3, -0.25) is 0 Å². The summed E-state index contributed by atoms with van der Waals surface area (Å²) in [4.78, 5) is 0. The van der Waals surface area contributed by atoms with Gasteiger partial charge < -0.3 is 0 Å². The Labute approximate surface area is 87.3 Å². The Bertz CT molecular complexity index is 253. The molecule has 1 rings (SSSR count). The zero-order valence-corrected chi connectivity index (χ0v) is 9.94. The van der Waals surface area contributed by atoms with E-state index in [0.717, 1.165) is 31.6 Å². The van der Waals surface area contributed by atoms with Gasteiger partial charge in [0.25, 0.3) is 0 Å². The Morgan fingerprint density at radius 2 is 1.79 bits per heavy atom. The van der Waals surface area contributed by atoms with Crippen LogP contribution in [0.5, 0.6) is 0 Å². The van der Waals surface area contributed by atoms with Crippen LogP contribution in [0.15, 0.2) is 0 Å². The lowest BCUT2D eigenvalue weighted by Crippen LogP contribution is -2.38. The van der Waals surface area contributed by atoms with E-state index in [-0.39, 0.29) is 11.8 Å². The van der Waals surface area contributed by atoms with Crippen LogP contribution in [0.2, 0.25) is 0 Å². The van der Waals surface area contributed by atoms with Gasteiger partial charge in [0.05, 0.1) is 5.75 Å². The summed E-state index contributed by atoms with van der Waals surface area (Å²) >= 11 is 0. The average molecular weight is 219 g/mol. The number of sulfonamides is 1. The van der Waals surface area contributed by atoms with Crippen molar-refractivity contribution in [2.45, 2.75) is 52.0 Å². The van der Waals surface area contributed by atoms with Gasteiger partial charge in [-0.05, 0) is 38.0 Å². The molecule has 1 saturated carbocycles. The third kappa shape index (κ3) is 3.96. The molecule has 0 unspecified atom stereocenters. The minimum Gasteiger partial charge on any atom is -0.212 e. The first-order valence-electron chi connectivity index (χ1n) is 5.53. The lowest BCUT2D eigenvalue weighted by atomic mass is 9.88. The molecule has 0 aliphatic heterocycles. The van der Waals surface area contributed by atoms with Crippen molar-refractivity contribution in [3.8, 4) is 0 Å². The first kappa shape index (κ1) is 12.0. The molecule has 84 valence electrons. The molecule has 1 aliphatic rings. The van der Waals surface area contributed by atoms with E-state index in [1.165, 1.54) is 0 Å². The number of nitrogens with one attached hydrogen (secondary N) is 1. The second-order valence-electron chi connectivity index (χ2n) is 4.39. The highest BCUT2D eigenvalue weighted by molar-refractivity contribution is 7.89. The van der Waals surface area contributed by atoms with Crippen LogP contribution < -0.4 is 4.72 Å². The van der Waals surface area contributed by atoms with Gasteiger partial charge in [-0.15, -0.1) is 0 Å². The van der Waals surface area contributed by atoms with Crippen LogP contribution in [0.3, 0.4) is 0 Å². The monoisotopic (exact) mass is 219 g/mol. The molecule has 1 fully saturated rings. The maximum absolute atomic E-state index is 11.5. The van der Waals surface area contributed by atoms with Gasteiger partial charge in [-0.2, -0.15) is 0 Å². The average Bonchev–Trinajstić information content (AvgIpc) is 2.08. The van der Waals surface area contributed by atoms with E-state index in [1.807, 2.05) is 6.92 Å². The summed E-state index contributed by atoms with van der Waals surface area (Å²) in [6, 6.07) is 0.197. The van der Waals surface area contributed by atoms with Gasteiger partial charge in [0.1, 0.15) is 0 Å². The van der Waals surface area contributed by atoms with Gasteiger partial charge >= 0.3 is 0 Å². The van der Waals surface area contributed by atoms with E-state index >= 15 is 0 Å². The largest absolute Gasteiger partial charge is 0.212 e. The van der Waals surface area contributed by atoms with E-state index < -0.39 is 10.0 Å². The second-order valence-corrected chi connectivity index (χ2v) is 6.27. The molecule has 1 aliphatic carbocycles. The highest BCUT2D eigenvalue weighted by atomic mass is 32.2. The lowest BCUT2D eigenvalue weighted by Gasteiger charge is -2.26. The fourth-order valence-electron chi connectivity index (χ4n) is 1.96. The van der Waals surface area contributed by atoms with Crippen LogP contribution in [-0.4, -0.2) is 20.2 Å². The van der Waals surface area contributed by atoms with Crippen molar-refractivity contribution in [1.82, 2.24) is 4.72 Å². The molecule has 0 saturated heterocycles. The Kier molecular flexibility index (Phi) is 4.38. The number of hydrogen-bond donors (Lipinski definition) is 1. The van der Waals surface area contributed by atoms with E-state index in [2.05, 4.69) is 11.6 Å². The van der Waals surface area contributed by atoms with Crippen LogP contribution in [0.4, 0.5) is 0 Å². The van der Waals surface area contributed by atoms with Gasteiger partial charge in [0.2, 0.25) is 10.0 Å². The molecular weight excluding hydrogens is 198 g/mol. The fourth-order valence-corrected chi connectivity index (χ4v) is 3.36. The topological polar surface area (TPSA) is 46.2 Å². The Hall–Kier alpha value is -0.0900.